The number of para-hydroxylation sites is 2. The van der Waals surface area contributed by atoms with Crippen LogP contribution < -0.4 is 4.90 Å². The van der Waals surface area contributed by atoms with Gasteiger partial charge in [-0.05, 0) is 76.2 Å². The Morgan fingerprint density at radius 2 is 0.925 bits per heavy atom. The van der Waals surface area contributed by atoms with Gasteiger partial charge < -0.3 is 4.90 Å². The summed E-state index contributed by atoms with van der Waals surface area (Å²) in [5, 5.41) is 9.06. The van der Waals surface area contributed by atoms with Gasteiger partial charge in [0, 0.05) is 16.5 Å². The molecule has 0 N–H and O–H groups in total. The molecule has 2 nitrogen and oxygen atoms in total. The van der Waals surface area contributed by atoms with E-state index in [2.05, 4.69) is 136 Å². The van der Waals surface area contributed by atoms with Gasteiger partial charge in [-0.2, -0.15) is 5.26 Å². The smallest absolute Gasteiger partial charge is 0.0991 e. The minimum absolute atomic E-state index is 0.0454. The average Bonchev–Trinajstić information content (AvgIpc) is 2.98. The molecule has 2 aliphatic rings. The molecule has 0 bridgehead atoms. The first kappa shape index (κ1) is 25.7. The average molecular weight is 519 g/mol. The Balaban J connectivity index is 0.000000157. The van der Waals surface area contributed by atoms with Crippen LogP contribution in [0.3, 0.4) is 0 Å². The Bertz CT molecular complexity index is 1640. The van der Waals surface area contributed by atoms with Gasteiger partial charge >= 0.3 is 0 Å². The van der Waals surface area contributed by atoms with Gasteiger partial charge in [-0.25, -0.2) is 0 Å². The molecule has 1 aliphatic heterocycles. The molecule has 2 heteroatoms. The molecule has 0 saturated heterocycles. The van der Waals surface area contributed by atoms with Crippen molar-refractivity contribution in [1.82, 2.24) is 0 Å². The van der Waals surface area contributed by atoms with Crippen LogP contribution in [-0.4, -0.2) is 0 Å². The maximum absolute atomic E-state index is 9.06. The zero-order valence-electron chi connectivity index (χ0n) is 23.6. The van der Waals surface area contributed by atoms with Crippen molar-refractivity contribution in [3.63, 3.8) is 0 Å². The Labute approximate surface area is 238 Å². The van der Waals surface area contributed by atoms with Crippen LogP contribution in [0, 0.1) is 11.3 Å². The first-order valence-electron chi connectivity index (χ1n) is 14.0. The summed E-state index contributed by atoms with van der Waals surface area (Å²) in [5.74, 6) is 0. The first-order valence-corrected chi connectivity index (χ1v) is 14.0. The lowest BCUT2D eigenvalue weighted by atomic mass is 9.69. The molecule has 0 atom stereocenters. The topological polar surface area (TPSA) is 27.0 Å². The molecule has 40 heavy (non-hydrogen) atoms. The predicted molar refractivity (Wildman–Crippen MR) is 166 cm³/mol. The highest BCUT2D eigenvalue weighted by atomic mass is 15.2. The van der Waals surface area contributed by atoms with Gasteiger partial charge in [0.25, 0.3) is 0 Å². The number of hydrogen-bond donors (Lipinski definition) is 0. The molecule has 0 spiro atoms. The molecule has 1 heterocycles. The van der Waals surface area contributed by atoms with Crippen LogP contribution in [0.2, 0.25) is 0 Å². The van der Waals surface area contributed by atoms with Crippen LogP contribution in [0.25, 0.3) is 0 Å². The third-order valence-electron chi connectivity index (χ3n) is 8.65. The van der Waals surface area contributed by atoms with E-state index < -0.39 is 0 Å². The molecule has 5 aromatic carbocycles. The van der Waals surface area contributed by atoms with Gasteiger partial charge in [0.15, 0.2) is 0 Å². The van der Waals surface area contributed by atoms with Gasteiger partial charge in [-0.1, -0.05) is 113 Å². The summed E-state index contributed by atoms with van der Waals surface area (Å²) < 4.78 is 0. The second-order valence-corrected chi connectivity index (χ2v) is 11.8. The summed E-state index contributed by atoms with van der Waals surface area (Å²) >= 11 is 0. The molecule has 7 rings (SSSR count). The monoisotopic (exact) mass is 518 g/mol. The molecular weight excluding hydrogens is 484 g/mol. The second-order valence-electron chi connectivity index (χ2n) is 11.8. The molecule has 5 aromatic rings. The molecule has 0 saturated carbocycles. The summed E-state index contributed by atoms with van der Waals surface area (Å²) in [6.45, 7) is 9.20. The van der Waals surface area contributed by atoms with Crippen LogP contribution in [0.4, 0.5) is 17.1 Å². The van der Waals surface area contributed by atoms with Gasteiger partial charge in [0.1, 0.15) is 0 Å². The van der Waals surface area contributed by atoms with Crippen LogP contribution in [0.15, 0.2) is 121 Å². The number of nitrogens with zero attached hydrogens (tertiary/aromatic N) is 2. The van der Waals surface area contributed by atoms with E-state index >= 15 is 0 Å². The summed E-state index contributed by atoms with van der Waals surface area (Å²) in [4.78, 5) is 2.29. The molecule has 0 radical (unpaired) electrons. The molecule has 0 amide bonds. The van der Waals surface area contributed by atoms with Crippen molar-refractivity contribution in [2.75, 3.05) is 4.90 Å². The lowest BCUT2D eigenvalue weighted by Crippen LogP contribution is -2.30. The van der Waals surface area contributed by atoms with Gasteiger partial charge in [0.05, 0.1) is 23.0 Å². The molecular formula is C38H34N2. The molecule has 0 fully saturated rings. The van der Waals surface area contributed by atoms with E-state index in [0.717, 1.165) is 12.1 Å². The minimum Gasteiger partial charge on any atom is -0.310 e. The van der Waals surface area contributed by atoms with Crippen molar-refractivity contribution in [2.45, 2.75) is 44.9 Å². The van der Waals surface area contributed by atoms with Crippen molar-refractivity contribution >= 4 is 17.1 Å². The standard InChI is InChI=1S/C22H18N2.C16H16/c1-22(2)18-7-3-5-9-20(18)24(21-10-6-4-8-19(21)22)17-13-11-16(15-23)12-14-17;1-16(2)14-9-5-3-7-12(14)11-13-8-4-6-10-15(13)16/h3-14H,1-2H3;3-10H,11H2,1-2H3. The van der Waals surface area contributed by atoms with E-state index in [9.17, 15) is 0 Å². The summed E-state index contributed by atoms with van der Waals surface area (Å²) in [7, 11) is 0. The molecule has 1 aliphatic carbocycles. The summed E-state index contributed by atoms with van der Waals surface area (Å²) in [6.07, 6.45) is 1.08. The highest BCUT2D eigenvalue weighted by Crippen LogP contribution is 2.51. The van der Waals surface area contributed by atoms with Crippen LogP contribution in [0.5, 0.6) is 0 Å². The van der Waals surface area contributed by atoms with E-state index in [-0.39, 0.29) is 10.8 Å². The lowest BCUT2D eigenvalue weighted by Gasteiger charge is -2.42. The third-order valence-corrected chi connectivity index (χ3v) is 8.65. The van der Waals surface area contributed by atoms with E-state index in [1.54, 1.807) is 0 Å². The highest BCUT2D eigenvalue weighted by molar-refractivity contribution is 5.85. The lowest BCUT2D eigenvalue weighted by molar-refractivity contribution is 0.610. The Morgan fingerprint density at radius 3 is 1.40 bits per heavy atom. The number of rotatable bonds is 1. The van der Waals surface area contributed by atoms with Crippen molar-refractivity contribution in [3.8, 4) is 6.07 Å². The van der Waals surface area contributed by atoms with E-state index in [4.69, 9.17) is 5.26 Å². The fourth-order valence-electron chi connectivity index (χ4n) is 6.55. The van der Waals surface area contributed by atoms with E-state index in [1.165, 1.54) is 44.8 Å². The normalized spacial score (nSPS) is 15.2. The van der Waals surface area contributed by atoms with Crippen LogP contribution in [-0.2, 0) is 17.3 Å². The maximum atomic E-state index is 9.06. The van der Waals surface area contributed by atoms with Crippen LogP contribution >= 0.6 is 0 Å². The third kappa shape index (κ3) is 4.19. The van der Waals surface area contributed by atoms with Gasteiger partial charge in [0.2, 0.25) is 0 Å². The fourth-order valence-corrected chi connectivity index (χ4v) is 6.55. The Hall–Kier alpha value is -4.61. The SMILES string of the molecule is CC1(C)c2ccccc2Cc2ccccc21.CC1(C)c2ccccc2N(c2ccc(C#N)cc2)c2ccccc21. The molecule has 0 aromatic heterocycles. The molecule has 196 valence electrons. The number of hydrogen-bond acceptors (Lipinski definition) is 2. The van der Waals surface area contributed by atoms with Crippen molar-refractivity contribution in [3.05, 3.63) is 160 Å². The fraction of sp³-hybridized carbons (Fsp3) is 0.184. The number of fused-ring (bicyclic) bond motifs is 4. The zero-order valence-corrected chi connectivity index (χ0v) is 23.6. The second kappa shape index (κ2) is 9.85. The largest absolute Gasteiger partial charge is 0.310 e. The molecule has 0 unspecified atom stereocenters. The Morgan fingerprint density at radius 1 is 0.525 bits per heavy atom. The number of nitriles is 1. The quantitative estimate of drug-likeness (QED) is 0.221. The Kier molecular flexibility index (Phi) is 6.32. The first-order chi connectivity index (χ1) is 19.3. The number of benzene rings is 5. The van der Waals surface area contributed by atoms with Gasteiger partial charge in [-0.3, -0.25) is 0 Å². The minimum atomic E-state index is -0.0454. The summed E-state index contributed by atoms with van der Waals surface area (Å²) in [6, 6.07) is 44.7. The summed E-state index contributed by atoms with van der Waals surface area (Å²) in [5.41, 5.74) is 12.8. The van der Waals surface area contributed by atoms with Crippen molar-refractivity contribution < 1.29 is 0 Å². The van der Waals surface area contributed by atoms with Crippen molar-refractivity contribution in [2.24, 2.45) is 0 Å². The van der Waals surface area contributed by atoms with Gasteiger partial charge in [-0.15, -0.1) is 0 Å². The predicted octanol–water partition coefficient (Wildman–Crippen LogP) is 9.58. The van der Waals surface area contributed by atoms with E-state index in [1.807, 2.05) is 24.3 Å². The zero-order chi connectivity index (χ0) is 27.9. The highest BCUT2D eigenvalue weighted by Gasteiger charge is 2.36. The van der Waals surface area contributed by atoms with Crippen LogP contribution in [0.1, 0.15) is 66.6 Å². The number of anilines is 3. The van der Waals surface area contributed by atoms with E-state index in [0.29, 0.717) is 5.56 Å². The van der Waals surface area contributed by atoms with Crippen molar-refractivity contribution in [1.29, 1.82) is 5.26 Å². The maximum Gasteiger partial charge on any atom is 0.0991 e.